The van der Waals surface area contributed by atoms with Crippen LogP contribution in [0.15, 0.2) is 23.8 Å². The maximum atomic E-state index is 10.9. The van der Waals surface area contributed by atoms with E-state index in [9.17, 15) is 5.11 Å². The summed E-state index contributed by atoms with van der Waals surface area (Å²) in [5, 5.41) is 10.9. The monoisotopic (exact) mass is 424 g/mol. The molecular weight excluding hydrogens is 376 g/mol. The van der Waals surface area contributed by atoms with E-state index in [0.717, 1.165) is 12.3 Å². The highest BCUT2D eigenvalue weighted by atomic mass is 16.3. The fraction of sp³-hybridized carbons (Fsp3) is 0.867. The number of rotatable bonds is 0. The van der Waals surface area contributed by atoms with Crippen LogP contribution in [0.2, 0.25) is 0 Å². The fourth-order valence-corrected chi connectivity index (χ4v) is 10.6. The van der Waals surface area contributed by atoms with Crippen LogP contribution in [0.4, 0.5) is 0 Å². The van der Waals surface area contributed by atoms with Crippen LogP contribution in [0.3, 0.4) is 0 Å². The van der Waals surface area contributed by atoms with Gasteiger partial charge in [-0.05, 0) is 109 Å². The third kappa shape index (κ3) is 2.59. The summed E-state index contributed by atoms with van der Waals surface area (Å²) < 4.78 is 0. The van der Waals surface area contributed by atoms with Gasteiger partial charge in [0.15, 0.2) is 0 Å². The second kappa shape index (κ2) is 6.52. The van der Waals surface area contributed by atoms with Gasteiger partial charge >= 0.3 is 0 Å². The third-order valence-corrected chi connectivity index (χ3v) is 12.9. The summed E-state index contributed by atoms with van der Waals surface area (Å²) in [5.41, 5.74) is 4.88. The van der Waals surface area contributed by atoms with E-state index in [1.165, 1.54) is 56.9 Å². The largest absolute Gasteiger partial charge is 0.393 e. The summed E-state index contributed by atoms with van der Waals surface area (Å²) in [6.07, 6.45) is 14.0. The second-order valence-corrected chi connectivity index (χ2v) is 14.2. The minimum absolute atomic E-state index is 0.0417. The molecule has 0 aromatic heterocycles. The molecule has 1 N–H and O–H groups in total. The molecular formula is C30H48O. The first-order chi connectivity index (χ1) is 14.3. The summed E-state index contributed by atoms with van der Waals surface area (Å²) in [7, 11) is 0. The molecule has 0 heterocycles. The smallest absolute Gasteiger partial charge is 0.0594 e. The lowest BCUT2D eigenvalue weighted by atomic mass is 9.33. The van der Waals surface area contributed by atoms with Crippen molar-refractivity contribution in [2.45, 2.75) is 112 Å². The van der Waals surface area contributed by atoms with Crippen molar-refractivity contribution >= 4 is 0 Å². The van der Waals surface area contributed by atoms with Crippen molar-refractivity contribution in [2.24, 2.45) is 50.7 Å². The summed E-state index contributed by atoms with van der Waals surface area (Å²) in [6.45, 7) is 22.3. The first-order valence-corrected chi connectivity index (χ1v) is 13.4. The topological polar surface area (TPSA) is 20.2 Å². The molecule has 5 rings (SSSR count). The Labute approximate surface area is 192 Å². The van der Waals surface area contributed by atoms with Crippen LogP contribution in [-0.4, -0.2) is 11.2 Å². The molecule has 1 heteroatoms. The number of fused-ring (bicyclic) bond motifs is 7. The quantitative estimate of drug-likeness (QED) is 0.391. The maximum absolute atomic E-state index is 10.9. The maximum Gasteiger partial charge on any atom is 0.0594 e. The third-order valence-electron chi connectivity index (χ3n) is 12.9. The molecule has 0 amide bonds. The number of aliphatic hydroxyl groups is 1. The molecule has 0 aromatic carbocycles. The van der Waals surface area contributed by atoms with E-state index in [2.05, 4.69) is 61.1 Å². The van der Waals surface area contributed by atoms with Gasteiger partial charge in [-0.1, -0.05) is 72.3 Å². The van der Waals surface area contributed by atoms with Crippen molar-refractivity contribution < 1.29 is 5.11 Å². The lowest BCUT2D eigenvalue weighted by molar-refractivity contribution is -0.202. The predicted molar refractivity (Wildman–Crippen MR) is 131 cm³/mol. The molecule has 174 valence electrons. The Kier molecular flexibility index (Phi) is 4.68. The number of hydrogen-bond acceptors (Lipinski definition) is 1. The van der Waals surface area contributed by atoms with Gasteiger partial charge in [0.25, 0.3) is 0 Å². The van der Waals surface area contributed by atoms with Crippen molar-refractivity contribution in [3.63, 3.8) is 0 Å². The molecule has 0 aliphatic heterocycles. The average Bonchev–Trinajstić information content (AvgIpc) is 2.69. The number of hydrogen-bond donors (Lipinski definition) is 1. The normalized spacial score (nSPS) is 55.9. The first-order valence-electron chi connectivity index (χ1n) is 13.4. The van der Waals surface area contributed by atoms with Crippen molar-refractivity contribution in [3.05, 3.63) is 23.8 Å². The highest BCUT2D eigenvalue weighted by Crippen LogP contribution is 2.75. The summed E-state index contributed by atoms with van der Waals surface area (Å²) in [4.78, 5) is 0. The van der Waals surface area contributed by atoms with E-state index in [1.54, 1.807) is 0 Å². The van der Waals surface area contributed by atoms with Crippen molar-refractivity contribution in [1.82, 2.24) is 0 Å². The Morgan fingerprint density at radius 3 is 2.32 bits per heavy atom. The van der Waals surface area contributed by atoms with Crippen LogP contribution in [0.25, 0.3) is 0 Å². The molecule has 0 bridgehead atoms. The Morgan fingerprint density at radius 2 is 1.61 bits per heavy atom. The van der Waals surface area contributed by atoms with Crippen LogP contribution in [0.1, 0.15) is 106 Å². The molecule has 9 atom stereocenters. The van der Waals surface area contributed by atoms with E-state index in [1.807, 2.05) is 5.57 Å². The minimum Gasteiger partial charge on any atom is -0.393 e. The Morgan fingerprint density at radius 1 is 0.903 bits per heavy atom. The summed E-state index contributed by atoms with van der Waals surface area (Å²) in [6, 6.07) is 0. The highest BCUT2D eigenvalue weighted by Gasteiger charge is 2.67. The molecule has 4 fully saturated rings. The van der Waals surface area contributed by atoms with Gasteiger partial charge in [-0.25, -0.2) is 0 Å². The molecule has 3 unspecified atom stereocenters. The van der Waals surface area contributed by atoms with Gasteiger partial charge in [0.2, 0.25) is 0 Å². The summed E-state index contributed by atoms with van der Waals surface area (Å²) >= 11 is 0. The van der Waals surface area contributed by atoms with E-state index >= 15 is 0 Å². The highest BCUT2D eigenvalue weighted by molar-refractivity contribution is 5.35. The Bertz CT molecular complexity index is 820. The molecule has 0 saturated heterocycles. The van der Waals surface area contributed by atoms with E-state index in [4.69, 9.17) is 0 Å². The predicted octanol–water partition coefficient (Wildman–Crippen LogP) is 7.94. The van der Waals surface area contributed by atoms with Crippen molar-refractivity contribution in [2.75, 3.05) is 0 Å². The minimum atomic E-state index is -0.135. The van der Waals surface area contributed by atoms with Gasteiger partial charge < -0.3 is 5.11 Å². The van der Waals surface area contributed by atoms with Crippen LogP contribution >= 0.6 is 0 Å². The van der Waals surface area contributed by atoms with Gasteiger partial charge in [0.05, 0.1) is 6.10 Å². The van der Waals surface area contributed by atoms with Gasteiger partial charge in [-0.3, -0.25) is 0 Å². The molecule has 0 radical (unpaired) electrons. The second-order valence-electron chi connectivity index (χ2n) is 14.2. The van der Waals surface area contributed by atoms with E-state index in [-0.39, 0.29) is 11.5 Å². The summed E-state index contributed by atoms with van der Waals surface area (Å²) in [5.74, 6) is 2.70. The van der Waals surface area contributed by atoms with Crippen LogP contribution in [0, 0.1) is 50.7 Å². The first kappa shape index (κ1) is 22.2. The number of aliphatic hydroxyl groups excluding tert-OH is 1. The van der Waals surface area contributed by atoms with Gasteiger partial charge in [0.1, 0.15) is 0 Å². The number of allylic oxidation sites excluding steroid dienone is 3. The van der Waals surface area contributed by atoms with Crippen LogP contribution in [-0.2, 0) is 0 Å². The Balaban J connectivity index is 1.60. The Hall–Kier alpha value is -0.560. The molecule has 31 heavy (non-hydrogen) atoms. The van der Waals surface area contributed by atoms with Crippen LogP contribution in [0.5, 0.6) is 0 Å². The molecule has 1 nitrogen and oxygen atoms in total. The zero-order chi connectivity index (χ0) is 22.6. The lowest BCUT2D eigenvalue weighted by Crippen LogP contribution is -2.64. The van der Waals surface area contributed by atoms with E-state index < -0.39 is 0 Å². The van der Waals surface area contributed by atoms with Crippen molar-refractivity contribution in [3.8, 4) is 0 Å². The average molecular weight is 425 g/mol. The fourth-order valence-electron chi connectivity index (χ4n) is 10.6. The van der Waals surface area contributed by atoms with Gasteiger partial charge in [0, 0.05) is 0 Å². The zero-order valence-corrected chi connectivity index (χ0v) is 21.5. The molecule has 4 saturated carbocycles. The zero-order valence-electron chi connectivity index (χ0n) is 21.5. The van der Waals surface area contributed by atoms with Crippen molar-refractivity contribution in [1.29, 1.82) is 0 Å². The van der Waals surface area contributed by atoms with Crippen LogP contribution < -0.4 is 0 Å². The lowest BCUT2D eigenvalue weighted by Gasteiger charge is -2.71. The molecule has 5 aliphatic carbocycles. The standard InChI is InChI=1S/C30H48O/c1-19-11-14-27(5)17-18-29(7)21(25(27)20(19)2)9-10-23-28(6)15-13-24(31)26(3,4)22(28)12-16-30(23,29)8/h9,20,22-25,31H,1,10-18H2,2-8H3/t20-,22?,23?,24-,25?,27+,28-,29+,30+/m0/s1. The van der Waals surface area contributed by atoms with Gasteiger partial charge in [-0.2, -0.15) is 0 Å². The molecule has 5 aliphatic rings. The molecule has 0 aromatic rings. The molecule has 0 spiro atoms. The SMILES string of the molecule is C=C1CC[C@]2(C)CC[C@]3(C)C(=CCC4[C@@]5(C)CC[C@H](O)C(C)(C)C5CC[C@]43C)C2[C@H]1C. The van der Waals surface area contributed by atoms with E-state index in [0.29, 0.717) is 39.4 Å². The van der Waals surface area contributed by atoms with Gasteiger partial charge in [-0.15, -0.1) is 0 Å².